The first kappa shape index (κ1) is 28.9. The summed E-state index contributed by atoms with van der Waals surface area (Å²) in [4.78, 5) is 22.5. The number of hydrogen-bond donors (Lipinski definition) is 0. The number of nitrogens with zero attached hydrogens (tertiary/aromatic N) is 5. The smallest absolute Gasteiger partial charge is 0.0996 e. The minimum absolute atomic E-state index is 0. The van der Waals surface area contributed by atoms with Gasteiger partial charge in [-0.2, -0.15) is 0 Å². The molecule has 4 heterocycles. The van der Waals surface area contributed by atoms with Gasteiger partial charge >= 0.3 is 33.9 Å². The van der Waals surface area contributed by atoms with Gasteiger partial charge in [-0.3, -0.25) is 15.0 Å². The normalized spacial score (nSPS) is 8.86. The zero-order chi connectivity index (χ0) is 24.8. The largest absolute Gasteiger partial charge is 0.265 e. The van der Waals surface area contributed by atoms with E-state index in [1.165, 1.54) is 0 Å². The standard InChI is InChI=1S/C18H10N4.C5H5N.3CO.Re/c1-2-8-14-13(7-1)21-17-11-5-3-9-19-15(11)16-12(18(17)22-14)6-4-10-20-16;1-2-4-6-5-3-1;3*1-2;/h1-10H;1-5H;;;;. The molecule has 35 heavy (non-hydrogen) atoms. The number of pyridine rings is 3. The predicted octanol–water partition coefficient (Wildman–Crippen LogP) is 4.85. The van der Waals surface area contributed by atoms with Crippen LogP contribution in [-0.4, -0.2) is 24.9 Å². The van der Waals surface area contributed by atoms with Crippen molar-refractivity contribution in [2.45, 2.75) is 0 Å². The number of hydrogen-bond acceptors (Lipinski definition) is 5. The van der Waals surface area contributed by atoms with Gasteiger partial charge in [0.05, 0.1) is 33.1 Å². The average Bonchev–Trinajstić information content (AvgIpc) is 2.97. The van der Waals surface area contributed by atoms with Crippen molar-refractivity contribution in [1.82, 2.24) is 24.9 Å². The Morgan fingerprint density at radius 3 is 1.23 bits per heavy atom. The van der Waals surface area contributed by atoms with Gasteiger partial charge in [0.2, 0.25) is 0 Å². The summed E-state index contributed by atoms with van der Waals surface area (Å²) in [6.07, 6.45) is 7.08. The summed E-state index contributed by atoms with van der Waals surface area (Å²) in [5, 5.41) is 1.98. The molecule has 1 radical (unpaired) electrons. The maximum absolute atomic E-state index is 7.50. The molecule has 0 unspecified atom stereocenters. The molecule has 2 aromatic carbocycles. The number of fused-ring (bicyclic) bond motifs is 7. The fraction of sp³-hybridized carbons (Fsp3) is 0. The van der Waals surface area contributed by atoms with Crippen LogP contribution in [0.5, 0.6) is 0 Å². The van der Waals surface area contributed by atoms with Crippen molar-refractivity contribution in [3.8, 4) is 0 Å². The van der Waals surface area contributed by atoms with Gasteiger partial charge in [-0.1, -0.05) is 18.2 Å². The summed E-state index contributed by atoms with van der Waals surface area (Å²) in [6.45, 7) is 13.5. The van der Waals surface area contributed by atoms with Gasteiger partial charge in [-0.25, -0.2) is 9.97 Å². The molecule has 0 spiro atoms. The summed E-state index contributed by atoms with van der Waals surface area (Å²) >= 11 is 0. The van der Waals surface area contributed by atoms with E-state index in [1.807, 2.05) is 66.7 Å². The monoisotopic (exact) mass is 632 g/mol. The van der Waals surface area contributed by atoms with E-state index in [1.54, 1.807) is 24.8 Å². The molecular formula is C26H15N5O3Re. The molecule has 0 N–H and O–H groups in total. The Morgan fingerprint density at radius 2 is 0.886 bits per heavy atom. The predicted molar refractivity (Wildman–Crippen MR) is 124 cm³/mol. The first-order chi connectivity index (χ1) is 16.9. The molecule has 0 atom stereocenters. The molecule has 6 rings (SSSR count). The van der Waals surface area contributed by atoms with Gasteiger partial charge in [0, 0.05) is 56.0 Å². The minimum Gasteiger partial charge on any atom is -0.265 e. The maximum atomic E-state index is 7.50. The first-order valence-corrected chi connectivity index (χ1v) is 9.56. The fourth-order valence-electron chi connectivity index (χ4n) is 3.26. The van der Waals surface area contributed by atoms with E-state index < -0.39 is 0 Å². The van der Waals surface area contributed by atoms with Crippen LogP contribution >= 0.6 is 0 Å². The molecule has 6 aromatic rings. The Morgan fingerprint density at radius 1 is 0.457 bits per heavy atom. The molecule has 0 saturated heterocycles. The summed E-state index contributed by atoms with van der Waals surface area (Å²) in [6, 6.07) is 21.5. The Balaban J connectivity index is 0.000000402. The van der Waals surface area contributed by atoms with Gasteiger partial charge in [-0.15, -0.1) is 0 Å². The molecule has 0 aliphatic carbocycles. The molecule has 0 aliphatic rings. The molecule has 0 amide bonds. The van der Waals surface area contributed by atoms with E-state index in [4.69, 9.17) is 23.9 Å². The number of benzene rings is 2. The molecule has 0 fully saturated rings. The summed E-state index contributed by atoms with van der Waals surface area (Å²) < 4.78 is 22.5. The Kier molecular flexibility index (Phi) is 13.0. The Labute approximate surface area is 214 Å². The van der Waals surface area contributed by atoms with Crippen molar-refractivity contribution >= 4 is 43.9 Å². The van der Waals surface area contributed by atoms with Crippen molar-refractivity contribution in [3.63, 3.8) is 0 Å². The van der Waals surface area contributed by atoms with Gasteiger partial charge in [0.15, 0.2) is 0 Å². The van der Waals surface area contributed by atoms with Crippen LogP contribution in [0.2, 0.25) is 0 Å². The number of rotatable bonds is 0. The van der Waals surface area contributed by atoms with Gasteiger partial charge < -0.3 is 0 Å². The zero-order valence-electron chi connectivity index (χ0n) is 18.0. The zero-order valence-corrected chi connectivity index (χ0v) is 20.7. The van der Waals surface area contributed by atoms with Crippen LogP contribution in [0.25, 0.3) is 43.9 Å². The molecule has 0 saturated carbocycles. The van der Waals surface area contributed by atoms with Crippen molar-refractivity contribution in [1.29, 1.82) is 0 Å². The summed E-state index contributed by atoms with van der Waals surface area (Å²) in [5.41, 5.74) is 5.28. The van der Waals surface area contributed by atoms with Crippen LogP contribution < -0.4 is 0 Å². The minimum atomic E-state index is 0. The van der Waals surface area contributed by atoms with E-state index in [2.05, 4.69) is 34.9 Å². The summed E-state index contributed by atoms with van der Waals surface area (Å²) in [7, 11) is 0. The summed E-state index contributed by atoms with van der Waals surface area (Å²) in [5.74, 6) is 0. The number of para-hydroxylation sites is 2. The van der Waals surface area contributed by atoms with E-state index in [0.717, 1.165) is 43.9 Å². The van der Waals surface area contributed by atoms with E-state index in [0.29, 0.717) is 0 Å². The molecular weight excluding hydrogens is 617 g/mol. The third-order valence-corrected chi connectivity index (χ3v) is 4.49. The van der Waals surface area contributed by atoms with Gasteiger partial charge in [0.25, 0.3) is 0 Å². The van der Waals surface area contributed by atoms with Gasteiger partial charge in [-0.05, 0) is 48.5 Å². The van der Waals surface area contributed by atoms with Crippen LogP contribution in [0.4, 0.5) is 0 Å². The second-order valence-corrected chi connectivity index (χ2v) is 6.23. The second kappa shape index (κ2) is 15.7. The van der Waals surface area contributed by atoms with Crippen molar-refractivity contribution in [2.75, 3.05) is 0 Å². The third-order valence-electron chi connectivity index (χ3n) is 4.49. The van der Waals surface area contributed by atoms with Crippen LogP contribution in [0.15, 0.2) is 91.5 Å². The fourth-order valence-corrected chi connectivity index (χ4v) is 3.26. The third kappa shape index (κ3) is 6.71. The molecule has 0 aliphatic heterocycles. The maximum Gasteiger partial charge on any atom is 0.0996 e. The molecule has 9 heteroatoms. The average molecular weight is 632 g/mol. The molecule has 4 aromatic heterocycles. The SMILES string of the molecule is [C-]#[O+].[C-]#[O+].[C-]#[O+].[Re].c1ccc2nc3c4cccnc4c4ncccc4c3nc2c1.c1ccncc1. The van der Waals surface area contributed by atoms with E-state index in [9.17, 15) is 0 Å². The van der Waals surface area contributed by atoms with Crippen molar-refractivity contribution < 1.29 is 34.4 Å². The second-order valence-electron chi connectivity index (χ2n) is 6.23. The van der Waals surface area contributed by atoms with E-state index >= 15 is 0 Å². The van der Waals surface area contributed by atoms with Gasteiger partial charge in [0.1, 0.15) is 0 Å². The van der Waals surface area contributed by atoms with Crippen LogP contribution in [0.3, 0.4) is 0 Å². The topological polar surface area (TPSA) is 124 Å². The molecule has 8 nitrogen and oxygen atoms in total. The van der Waals surface area contributed by atoms with Crippen molar-refractivity contribution in [2.24, 2.45) is 0 Å². The van der Waals surface area contributed by atoms with Crippen LogP contribution in [0.1, 0.15) is 0 Å². The van der Waals surface area contributed by atoms with Crippen LogP contribution in [0, 0.1) is 20.0 Å². The van der Waals surface area contributed by atoms with Crippen molar-refractivity contribution in [3.05, 3.63) is 111 Å². The first-order valence-electron chi connectivity index (χ1n) is 9.56. The molecule has 169 valence electrons. The van der Waals surface area contributed by atoms with E-state index in [-0.39, 0.29) is 20.4 Å². The number of aromatic nitrogens is 5. The Bertz CT molecular complexity index is 1440. The Hall–Kier alpha value is -4.11. The molecule has 0 bridgehead atoms. The quantitative estimate of drug-likeness (QED) is 0.103. The van der Waals surface area contributed by atoms with Crippen LogP contribution in [-0.2, 0) is 34.4 Å².